The van der Waals surface area contributed by atoms with Crippen molar-refractivity contribution in [2.24, 2.45) is 10.8 Å². The maximum absolute atomic E-state index is 12.1. The number of carbonyl (C=O) groups is 1. The second-order valence-electron chi connectivity index (χ2n) is 7.10. The Morgan fingerprint density at radius 2 is 1.26 bits per heavy atom. The van der Waals surface area contributed by atoms with Crippen molar-refractivity contribution in [3.05, 3.63) is 29.8 Å². The number of carboxylic acid groups (broad SMARTS) is 1. The van der Waals surface area contributed by atoms with Crippen LogP contribution in [0.5, 0.6) is 5.75 Å². The van der Waals surface area contributed by atoms with Crippen LogP contribution in [0.4, 0.5) is 0 Å². The van der Waals surface area contributed by atoms with Crippen molar-refractivity contribution in [2.75, 3.05) is 0 Å². The summed E-state index contributed by atoms with van der Waals surface area (Å²) in [6, 6.07) is 6.51. The third-order valence-electron chi connectivity index (χ3n) is 3.87. The lowest BCUT2D eigenvalue weighted by Crippen LogP contribution is -2.56. The van der Waals surface area contributed by atoms with Crippen molar-refractivity contribution in [3.63, 3.8) is 0 Å². The van der Waals surface area contributed by atoms with E-state index >= 15 is 0 Å². The molecule has 0 amide bonds. The number of carboxylic acids is 1. The zero-order chi connectivity index (χ0) is 15.1. The summed E-state index contributed by atoms with van der Waals surface area (Å²) in [5.41, 5.74) is -1.24. The molecule has 1 aromatic carbocycles. The second kappa shape index (κ2) is 4.55. The van der Waals surface area contributed by atoms with Crippen molar-refractivity contribution < 1.29 is 15.0 Å². The molecule has 0 aromatic heterocycles. The van der Waals surface area contributed by atoms with Crippen LogP contribution < -0.4 is 0 Å². The standard InChI is InChI=1S/C16H24O3/c1-14(2,3)16(13(18)19,15(4,5)6)11-7-9-12(17)10-8-11/h7-10,17H,1-6H3,(H,18,19). The smallest absolute Gasteiger partial charge is 0.315 e. The molecule has 0 aliphatic carbocycles. The van der Waals surface area contributed by atoms with Gasteiger partial charge in [0.1, 0.15) is 11.2 Å². The molecule has 106 valence electrons. The zero-order valence-corrected chi connectivity index (χ0v) is 12.6. The van der Waals surface area contributed by atoms with Crippen LogP contribution in [0.15, 0.2) is 24.3 Å². The first kappa shape index (κ1) is 15.5. The van der Waals surface area contributed by atoms with Gasteiger partial charge in [-0.05, 0) is 28.5 Å². The topological polar surface area (TPSA) is 57.5 Å². The summed E-state index contributed by atoms with van der Waals surface area (Å²) in [6.07, 6.45) is 0. The van der Waals surface area contributed by atoms with Crippen LogP contribution in [0.25, 0.3) is 0 Å². The van der Waals surface area contributed by atoms with E-state index in [1.807, 2.05) is 41.5 Å². The zero-order valence-electron chi connectivity index (χ0n) is 12.6. The Hall–Kier alpha value is -1.51. The van der Waals surface area contributed by atoms with Crippen LogP contribution in [-0.2, 0) is 10.2 Å². The van der Waals surface area contributed by atoms with E-state index in [2.05, 4.69) is 0 Å². The normalized spacial score (nSPS) is 13.4. The summed E-state index contributed by atoms with van der Waals surface area (Å²) >= 11 is 0. The predicted molar refractivity (Wildman–Crippen MR) is 76.3 cm³/mol. The van der Waals surface area contributed by atoms with Gasteiger partial charge in [0.25, 0.3) is 0 Å². The molecule has 0 radical (unpaired) electrons. The lowest BCUT2D eigenvalue weighted by Gasteiger charge is -2.50. The summed E-state index contributed by atoms with van der Waals surface area (Å²) in [7, 11) is 0. The molecular formula is C16H24O3. The molecule has 19 heavy (non-hydrogen) atoms. The highest BCUT2D eigenvalue weighted by Gasteiger charge is 2.57. The summed E-state index contributed by atoms with van der Waals surface area (Å²) < 4.78 is 0. The highest BCUT2D eigenvalue weighted by Crippen LogP contribution is 2.53. The van der Waals surface area contributed by atoms with Crippen molar-refractivity contribution in [2.45, 2.75) is 47.0 Å². The average molecular weight is 264 g/mol. The number of hydrogen-bond donors (Lipinski definition) is 2. The molecule has 0 unspecified atom stereocenters. The van der Waals surface area contributed by atoms with Gasteiger partial charge in [0.05, 0.1) is 0 Å². The van der Waals surface area contributed by atoms with Gasteiger partial charge >= 0.3 is 5.97 Å². The average Bonchev–Trinajstić information content (AvgIpc) is 2.16. The minimum Gasteiger partial charge on any atom is -0.508 e. The highest BCUT2D eigenvalue weighted by atomic mass is 16.4. The van der Waals surface area contributed by atoms with E-state index in [9.17, 15) is 15.0 Å². The molecule has 0 aliphatic rings. The fourth-order valence-electron chi connectivity index (χ4n) is 3.47. The Morgan fingerprint density at radius 1 is 0.895 bits per heavy atom. The Bertz CT molecular complexity index is 444. The Morgan fingerprint density at radius 3 is 1.53 bits per heavy atom. The largest absolute Gasteiger partial charge is 0.508 e. The lowest BCUT2D eigenvalue weighted by molar-refractivity contribution is -0.155. The molecule has 0 fully saturated rings. The summed E-state index contributed by atoms with van der Waals surface area (Å²) in [5, 5.41) is 19.4. The number of phenolic OH excluding ortho intramolecular Hbond substituents is 1. The van der Waals surface area contributed by atoms with Gasteiger partial charge in [-0.2, -0.15) is 0 Å². The van der Waals surface area contributed by atoms with E-state index in [1.54, 1.807) is 24.3 Å². The molecule has 0 aliphatic heterocycles. The van der Waals surface area contributed by atoms with Crippen molar-refractivity contribution in [1.29, 1.82) is 0 Å². The third kappa shape index (κ3) is 2.34. The highest BCUT2D eigenvalue weighted by molar-refractivity contribution is 5.83. The molecule has 0 heterocycles. The fraction of sp³-hybridized carbons (Fsp3) is 0.562. The van der Waals surface area contributed by atoms with Gasteiger partial charge in [-0.3, -0.25) is 4.79 Å². The number of rotatable bonds is 2. The molecule has 3 heteroatoms. The first-order valence-corrected chi connectivity index (χ1v) is 6.47. The van der Waals surface area contributed by atoms with E-state index in [-0.39, 0.29) is 5.75 Å². The molecular weight excluding hydrogens is 240 g/mol. The van der Waals surface area contributed by atoms with Crippen LogP contribution in [0, 0.1) is 10.8 Å². The van der Waals surface area contributed by atoms with Gasteiger partial charge in [-0.15, -0.1) is 0 Å². The van der Waals surface area contributed by atoms with Gasteiger partial charge in [0.15, 0.2) is 0 Å². The van der Waals surface area contributed by atoms with Crippen LogP contribution in [0.1, 0.15) is 47.1 Å². The molecule has 0 saturated heterocycles. The molecule has 3 nitrogen and oxygen atoms in total. The van der Waals surface area contributed by atoms with E-state index in [0.717, 1.165) is 5.56 Å². The molecule has 0 bridgehead atoms. The van der Waals surface area contributed by atoms with Gasteiger partial charge in [-0.25, -0.2) is 0 Å². The quantitative estimate of drug-likeness (QED) is 0.854. The fourth-order valence-corrected chi connectivity index (χ4v) is 3.47. The van der Waals surface area contributed by atoms with Crippen LogP contribution >= 0.6 is 0 Å². The maximum atomic E-state index is 12.1. The number of aromatic hydroxyl groups is 1. The number of phenols is 1. The molecule has 1 rings (SSSR count). The van der Waals surface area contributed by atoms with E-state index < -0.39 is 22.2 Å². The maximum Gasteiger partial charge on any atom is 0.315 e. The van der Waals surface area contributed by atoms with E-state index in [0.29, 0.717) is 0 Å². The minimum absolute atomic E-state index is 0.144. The van der Waals surface area contributed by atoms with E-state index in [1.165, 1.54) is 0 Å². The predicted octanol–water partition coefficient (Wildman–Crippen LogP) is 3.81. The Balaban J connectivity index is 3.68. The third-order valence-corrected chi connectivity index (χ3v) is 3.87. The van der Waals surface area contributed by atoms with Gasteiger partial charge in [0.2, 0.25) is 0 Å². The summed E-state index contributed by atoms with van der Waals surface area (Å²) in [4.78, 5) is 12.1. The second-order valence-corrected chi connectivity index (χ2v) is 7.10. The lowest BCUT2D eigenvalue weighted by atomic mass is 9.51. The van der Waals surface area contributed by atoms with Crippen molar-refractivity contribution in [1.82, 2.24) is 0 Å². The minimum atomic E-state index is -1.03. The number of aliphatic carboxylic acids is 1. The Labute approximate surface area is 115 Å². The molecule has 1 aromatic rings. The Kier molecular flexibility index (Phi) is 3.72. The first-order chi connectivity index (χ1) is 8.44. The number of benzene rings is 1. The van der Waals surface area contributed by atoms with Gasteiger partial charge in [0, 0.05) is 0 Å². The van der Waals surface area contributed by atoms with Crippen molar-refractivity contribution >= 4 is 5.97 Å². The monoisotopic (exact) mass is 264 g/mol. The van der Waals surface area contributed by atoms with Crippen LogP contribution in [-0.4, -0.2) is 16.2 Å². The first-order valence-electron chi connectivity index (χ1n) is 6.47. The van der Waals surface area contributed by atoms with Gasteiger partial charge < -0.3 is 10.2 Å². The molecule has 0 saturated carbocycles. The molecule has 0 atom stereocenters. The van der Waals surface area contributed by atoms with Crippen molar-refractivity contribution in [3.8, 4) is 5.75 Å². The number of hydrogen-bond acceptors (Lipinski definition) is 2. The molecule has 0 spiro atoms. The van der Waals surface area contributed by atoms with Crippen LogP contribution in [0.3, 0.4) is 0 Å². The SMILES string of the molecule is CC(C)(C)C(C(=O)O)(c1ccc(O)cc1)C(C)(C)C. The summed E-state index contributed by atoms with van der Waals surface area (Å²) in [6.45, 7) is 11.7. The van der Waals surface area contributed by atoms with Crippen LogP contribution in [0.2, 0.25) is 0 Å². The van der Waals surface area contributed by atoms with Gasteiger partial charge in [-0.1, -0.05) is 53.7 Å². The van der Waals surface area contributed by atoms with E-state index in [4.69, 9.17) is 0 Å². The summed E-state index contributed by atoms with van der Waals surface area (Å²) in [5.74, 6) is -0.691. The molecule has 2 N–H and O–H groups in total.